The largest absolute Gasteiger partial charge is 0.456 e. The molecule has 2 fully saturated rings. The monoisotopic (exact) mass is 421 g/mol. The van der Waals surface area contributed by atoms with Crippen LogP contribution >= 0.6 is 0 Å². The summed E-state index contributed by atoms with van der Waals surface area (Å²) in [5.41, 5.74) is 1.67. The van der Waals surface area contributed by atoms with Crippen LogP contribution in [0.1, 0.15) is 18.7 Å². The molecule has 1 saturated heterocycles. The standard InChI is InChI=1S/C21H14N4O.C5H9N/c1-2-20-24-19-8-4-3-7-18(19)21(25-20)23-15-9-11-16(12-10-15)26-17-6-5-13-22-14-17;1-2-6-5-3-4(1)5/h1,3-14H,(H,23,24,25);4-6H,1-3H2. The minimum Gasteiger partial charge on any atom is -0.456 e. The van der Waals surface area contributed by atoms with E-state index in [1.165, 1.54) is 19.4 Å². The number of fused-ring (bicyclic) bond motifs is 2. The molecule has 32 heavy (non-hydrogen) atoms. The fourth-order valence-electron chi connectivity index (χ4n) is 3.79. The van der Waals surface area contributed by atoms with Crippen LogP contribution in [-0.2, 0) is 0 Å². The third-order valence-electron chi connectivity index (χ3n) is 5.56. The van der Waals surface area contributed by atoms with Crippen molar-refractivity contribution in [1.29, 1.82) is 0 Å². The second-order valence-corrected chi connectivity index (χ2v) is 7.84. The van der Waals surface area contributed by atoms with Gasteiger partial charge in [0.25, 0.3) is 0 Å². The van der Waals surface area contributed by atoms with E-state index in [0.717, 1.165) is 34.3 Å². The van der Waals surface area contributed by atoms with Crippen molar-refractivity contribution in [3.8, 4) is 23.8 Å². The summed E-state index contributed by atoms with van der Waals surface area (Å²) in [5, 5.41) is 7.60. The van der Waals surface area contributed by atoms with Gasteiger partial charge in [0.1, 0.15) is 17.3 Å². The highest BCUT2D eigenvalue weighted by Gasteiger charge is 2.40. The summed E-state index contributed by atoms with van der Waals surface area (Å²) < 4.78 is 5.75. The summed E-state index contributed by atoms with van der Waals surface area (Å²) in [6.45, 7) is 1.29. The first-order chi connectivity index (χ1) is 15.8. The lowest BCUT2D eigenvalue weighted by atomic mass is 10.2. The molecule has 2 aromatic heterocycles. The Morgan fingerprint density at radius 2 is 1.88 bits per heavy atom. The Bertz CT molecular complexity index is 1240. The predicted octanol–water partition coefficient (Wildman–Crippen LogP) is 4.91. The number of ether oxygens (including phenoxy) is 1. The zero-order chi connectivity index (χ0) is 21.8. The molecule has 1 saturated carbocycles. The predicted molar refractivity (Wildman–Crippen MR) is 126 cm³/mol. The Morgan fingerprint density at radius 1 is 1.00 bits per heavy atom. The summed E-state index contributed by atoms with van der Waals surface area (Å²) in [7, 11) is 0. The van der Waals surface area contributed by atoms with Crippen LogP contribution in [0.4, 0.5) is 11.5 Å². The smallest absolute Gasteiger partial charge is 0.207 e. The van der Waals surface area contributed by atoms with Crippen LogP contribution in [0.3, 0.4) is 0 Å². The molecule has 0 spiro atoms. The van der Waals surface area contributed by atoms with E-state index in [1.54, 1.807) is 12.4 Å². The molecular weight excluding hydrogens is 398 g/mol. The summed E-state index contributed by atoms with van der Waals surface area (Å²) >= 11 is 0. The molecular formula is C26H23N5O. The number of terminal acetylenes is 1. The first kappa shape index (κ1) is 20.0. The van der Waals surface area contributed by atoms with Crippen LogP contribution in [0, 0.1) is 18.3 Å². The Hall–Kier alpha value is -3.95. The van der Waals surface area contributed by atoms with Crippen molar-refractivity contribution in [2.75, 3.05) is 11.9 Å². The van der Waals surface area contributed by atoms with Crippen LogP contribution in [-0.4, -0.2) is 27.5 Å². The zero-order valence-electron chi connectivity index (χ0n) is 17.5. The lowest BCUT2D eigenvalue weighted by Gasteiger charge is -2.10. The molecule has 4 aromatic rings. The molecule has 158 valence electrons. The Kier molecular flexibility index (Phi) is 5.65. The van der Waals surface area contributed by atoms with Crippen molar-refractivity contribution in [3.05, 3.63) is 78.9 Å². The number of pyridine rings is 1. The van der Waals surface area contributed by atoms with Crippen molar-refractivity contribution in [2.24, 2.45) is 5.92 Å². The number of nitrogens with one attached hydrogen (secondary N) is 2. The maximum atomic E-state index is 5.75. The van der Waals surface area contributed by atoms with Crippen molar-refractivity contribution < 1.29 is 4.74 Å². The van der Waals surface area contributed by atoms with Gasteiger partial charge in [-0.1, -0.05) is 12.1 Å². The van der Waals surface area contributed by atoms with Gasteiger partial charge in [-0.15, -0.1) is 6.42 Å². The molecule has 1 aliphatic heterocycles. The Balaban J connectivity index is 0.000000306. The normalized spacial score (nSPS) is 18.1. The number of hydrogen-bond acceptors (Lipinski definition) is 6. The van der Waals surface area contributed by atoms with Crippen LogP contribution in [0.25, 0.3) is 10.9 Å². The number of piperidine rings is 1. The van der Waals surface area contributed by atoms with E-state index in [0.29, 0.717) is 17.4 Å². The molecule has 6 heteroatoms. The minimum atomic E-state index is 0.350. The van der Waals surface area contributed by atoms with Gasteiger partial charge in [-0.05, 0) is 79.8 Å². The lowest BCUT2D eigenvalue weighted by molar-refractivity contribution is 0.480. The van der Waals surface area contributed by atoms with E-state index in [4.69, 9.17) is 11.2 Å². The molecule has 2 unspecified atom stereocenters. The fraction of sp³-hybridized carbons (Fsp3) is 0.192. The van der Waals surface area contributed by atoms with E-state index in [-0.39, 0.29) is 0 Å². The van der Waals surface area contributed by atoms with Crippen LogP contribution < -0.4 is 15.4 Å². The second kappa shape index (κ2) is 9.04. The maximum absolute atomic E-state index is 5.75. The SMILES string of the molecule is C#Cc1nc(Nc2ccc(Oc3cccnc3)cc2)c2ccccc2n1.C1CC2CC2N1. The zero-order valence-corrected chi connectivity index (χ0v) is 17.5. The lowest BCUT2D eigenvalue weighted by Crippen LogP contribution is -2.10. The third kappa shape index (κ3) is 4.69. The highest BCUT2D eigenvalue weighted by atomic mass is 16.5. The highest BCUT2D eigenvalue weighted by molar-refractivity contribution is 5.91. The number of nitrogens with zero attached hydrogens (tertiary/aromatic N) is 3. The molecule has 2 atom stereocenters. The van der Waals surface area contributed by atoms with Crippen molar-refractivity contribution >= 4 is 22.4 Å². The first-order valence-corrected chi connectivity index (χ1v) is 10.7. The van der Waals surface area contributed by atoms with E-state index in [1.807, 2.05) is 60.7 Å². The molecule has 0 bridgehead atoms. The third-order valence-corrected chi connectivity index (χ3v) is 5.56. The van der Waals surface area contributed by atoms with Crippen LogP contribution in [0.2, 0.25) is 0 Å². The fourth-order valence-corrected chi connectivity index (χ4v) is 3.79. The van der Waals surface area contributed by atoms with Gasteiger partial charge in [0.05, 0.1) is 11.7 Å². The Morgan fingerprint density at radius 3 is 2.53 bits per heavy atom. The van der Waals surface area contributed by atoms with Crippen molar-refractivity contribution in [3.63, 3.8) is 0 Å². The quantitative estimate of drug-likeness (QED) is 0.456. The van der Waals surface area contributed by atoms with Crippen molar-refractivity contribution in [1.82, 2.24) is 20.3 Å². The number of hydrogen-bond donors (Lipinski definition) is 2. The van der Waals surface area contributed by atoms with Gasteiger partial charge in [-0.3, -0.25) is 4.98 Å². The van der Waals surface area contributed by atoms with E-state index in [2.05, 4.69) is 31.5 Å². The maximum Gasteiger partial charge on any atom is 0.207 e. The van der Waals surface area contributed by atoms with Crippen LogP contribution in [0.15, 0.2) is 73.1 Å². The van der Waals surface area contributed by atoms with E-state index in [9.17, 15) is 0 Å². The summed E-state index contributed by atoms with van der Waals surface area (Å²) in [6, 6.07) is 20.0. The van der Waals surface area contributed by atoms with Gasteiger partial charge in [0, 0.05) is 23.3 Å². The number of rotatable bonds is 4. The molecule has 2 aliphatic rings. The molecule has 6 nitrogen and oxygen atoms in total. The minimum absolute atomic E-state index is 0.350. The second-order valence-electron chi connectivity index (χ2n) is 7.84. The number of anilines is 2. The first-order valence-electron chi connectivity index (χ1n) is 10.7. The molecule has 0 amide bonds. The number of para-hydroxylation sites is 1. The van der Waals surface area contributed by atoms with Gasteiger partial charge in [-0.25, -0.2) is 9.97 Å². The molecule has 2 N–H and O–H groups in total. The van der Waals surface area contributed by atoms with Gasteiger partial charge in [0.2, 0.25) is 5.82 Å². The number of benzene rings is 2. The molecule has 2 aromatic carbocycles. The average Bonchev–Trinajstić information content (AvgIpc) is 3.45. The van der Waals surface area contributed by atoms with Gasteiger partial charge >= 0.3 is 0 Å². The van der Waals surface area contributed by atoms with Crippen molar-refractivity contribution in [2.45, 2.75) is 18.9 Å². The summed E-state index contributed by atoms with van der Waals surface area (Å²) in [6.07, 6.45) is 11.8. The topological polar surface area (TPSA) is 72.0 Å². The van der Waals surface area contributed by atoms with Gasteiger partial charge in [0.15, 0.2) is 0 Å². The van der Waals surface area contributed by atoms with E-state index >= 15 is 0 Å². The van der Waals surface area contributed by atoms with Gasteiger partial charge in [-0.2, -0.15) is 0 Å². The van der Waals surface area contributed by atoms with Gasteiger partial charge < -0.3 is 15.4 Å². The number of aromatic nitrogens is 3. The molecule has 3 heterocycles. The average molecular weight is 422 g/mol. The Labute approximate surface area is 187 Å². The molecule has 0 radical (unpaired) electrons. The molecule has 6 rings (SSSR count). The summed E-state index contributed by atoms with van der Waals surface area (Å²) in [4.78, 5) is 12.8. The summed E-state index contributed by atoms with van der Waals surface area (Å²) in [5.74, 6) is 6.03. The van der Waals surface area contributed by atoms with Crippen LogP contribution in [0.5, 0.6) is 11.5 Å². The molecule has 1 aliphatic carbocycles. The van der Waals surface area contributed by atoms with E-state index < -0.39 is 0 Å². The highest BCUT2D eigenvalue weighted by Crippen LogP contribution is 2.37.